The summed E-state index contributed by atoms with van der Waals surface area (Å²) in [6.07, 6.45) is 3.48. The Morgan fingerprint density at radius 3 is 2.59 bits per heavy atom. The van der Waals surface area contributed by atoms with E-state index in [0.717, 1.165) is 37.1 Å². The van der Waals surface area contributed by atoms with E-state index in [4.69, 9.17) is 10.3 Å². The van der Waals surface area contributed by atoms with E-state index in [-0.39, 0.29) is 11.7 Å². The molecule has 5 nitrogen and oxygen atoms in total. The monoisotopic (exact) mass is 392 g/mol. The number of hydrogen-bond acceptors (Lipinski definition) is 3. The number of nitrogens with two attached hydrogens (primary N) is 1. The molecular formula is C23H25FN4O. The fourth-order valence-electron chi connectivity index (χ4n) is 3.67. The highest BCUT2D eigenvalue weighted by atomic mass is 19.1. The number of nitrogens with zero attached hydrogens (tertiary/aromatic N) is 3. The second kappa shape index (κ2) is 8.47. The number of benzene rings is 2. The molecule has 3 aromatic rings. The predicted molar refractivity (Wildman–Crippen MR) is 113 cm³/mol. The number of guanidine groups is 1. The highest BCUT2D eigenvalue weighted by Gasteiger charge is 2.17. The average molecular weight is 392 g/mol. The van der Waals surface area contributed by atoms with Gasteiger partial charge < -0.3 is 15.2 Å². The summed E-state index contributed by atoms with van der Waals surface area (Å²) in [6, 6.07) is 16.6. The Hall–Kier alpha value is -3.15. The molecular weight excluding hydrogens is 367 g/mol. The van der Waals surface area contributed by atoms with E-state index in [9.17, 15) is 4.39 Å². The van der Waals surface area contributed by atoms with Gasteiger partial charge in [0.05, 0.1) is 5.69 Å². The lowest BCUT2D eigenvalue weighted by atomic mass is 9.95. The van der Waals surface area contributed by atoms with Gasteiger partial charge in [-0.15, -0.1) is 0 Å². The molecule has 0 bridgehead atoms. The van der Waals surface area contributed by atoms with Gasteiger partial charge in [-0.2, -0.15) is 4.99 Å². The highest BCUT2D eigenvalue weighted by Crippen LogP contribution is 2.30. The molecule has 150 valence electrons. The van der Waals surface area contributed by atoms with Crippen molar-refractivity contribution in [3.8, 4) is 11.1 Å². The van der Waals surface area contributed by atoms with Crippen LogP contribution in [0.25, 0.3) is 11.1 Å². The van der Waals surface area contributed by atoms with Gasteiger partial charge in [0.15, 0.2) is 5.96 Å². The third-order valence-electron chi connectivity index (χ3n) is 5.44. The van der Waals surface area contributed by atoms with Crippen LogP contribution in [0.5, 0.6) is 0 Å². The van der Waals surface area contributed by atoms with Crippen LogP contribution in [-0.4, -0.2) is 29.1 Å². The van der Waals surface area contributed by atoms with Crippen molar-refractivity contribution in [2.45, 2.75) is 32.1 Å². The molecule has 4 rings (SSSR count). The van der Waals surface area contributed by atoms with Gasteiger partial charge in [0.1, 0.15) is 5.82 Å². The first-order valence-corrected chi connectivity index (χ1v) is 10.0. The van der Waals surface area contributed by atoms with Crippen molar-refractivity contribution in [1.29, 1.82) is 0 Å². The van der Waals surface area contributed by atoms with Gasteiger partial charge in [-0.05, 0) is 36.5 Å². The zero-order valence-electron chi connectivity index (χ0n) is 16.5. The lowest BCUT2D eigenvalue weighted by molar-refractivity contribution is 0.337. The van der Waals surface area contributed by atoms with E-state index in [1.807, 2.05) is 49.4 Å². The van der Waals surface area contributed by atoms with Gasteiger partial charge in [0.2, 0.25) is 0 Å². The summed E-state index contributed by atoms with van der Waals surface area (Å²) in [7, 11) is 0. The Balaban J connectivity index is 1.51. The van der Waals surface area contributed by atoms with Crippen molar-refractivity contribution in [1.82, 2.24) is 10.1 Å². The number of aliphatic imine (C=N–C) groups is 1. The van der Waals surface area contributed by atoms with E-state index in [1.165, 1.54) is 6.42 Å². The third kappa shape index (κ3) is 4.31. The van der Waals surface area contributed by atoms with Crippen LogP contribution < -0.4 is 5.73 Å². The van der Waals surface area contributed by atoms with Crippen LogP contribution in [0.3, 0.4) is 0 Å². The van der Waals surface area contributed by atoms with E-state index in [0.29, 0.717) is 23.1 Å². The second-order valence-electron chi connectivity index (χ2n) is 7.43. The summed E-state index contributed by atoms with van der Waals surface area (Å²) in [5, 5.41) is 4.12. The molecule has 2 N–H and O–H groups in total. The first-order valence-electron chi connectivity index (χ1n) is 10.0. The number of hydrogen-bond donors (Lipinski definition) is 1. The summed E-state index contributed by atoms with van der Waals surface area (Å²) < 4.78 is 20.1. The van der Waals surface area contributed by atoms with Crippen LogP contribution in [0.4, 0.5) is 10.3 Å². The molecule has 29 heavy (non-hydrogen) atoms. The van der Waals surface area contributed by atoms with Crippen LogP contribution in [0.2, 0.25) is 0 Å². The second-order valence-corrected chi connectivity index (χ2v) is 7.43. The summed E-state index contributed by atoms with van der Waals surface area (Å²) in [5.74, 6) is 0.449. The molecule has 1 saturated heterocycles. The number of piperidine rings is 1. The lowest BCUT2D eigenvalue weighted by Crippen LogP contribution is -2.40. The van der Waals surface area contributed by atoms with Gasteiger partial charge >= 0.3 is 0 Å². The number of rotatable bonds is 4. The molecule has 1 unspecified atom stereocenters. The largest absolute Gasteiger partial charge is 0.369 e. The Bertz CT molecular complexity index is 993. The number of halogens is 1. The molecule has 1 fully saturated rings. The molecule has 0 aliphatic carbocycles. The van der Waals surface area contributed by atoms with E-state index < -0.39 is 0 Å². The van der Waals surface area contributed by atoms with Crippen molar-refractivity contribution >= 4 is 11.8 Å². The minimum Gasteiger partial charge on any atom is -0.369 e. The first-order chi connectivity index (χ1) is 14.1. The Morgan fingerprint density at radius 1 is 1.10 bits per heavy atom. The smallest absolute Gasteiger partial charge is 0.253 e. The van der Waals surface area contributed by atoms with Crippen LogP contribution in [0.15, 0.2) is 64.1 Å². The third-order valence-corrected chi connectivity index (χ3v) is 5.44. The lowest BCUT2D eigenvalue weighted by Gasteiger charge is -2.27. The topological polar surface area (TPSA) is 67.7 Å². The molecule has 6 heteroatoms. The van der Waals surface area contributed by atoms with Gasteiger partial charge in [0, 0.05) is 30.6 Å². The quantitative estimate of drug-likeness (QED) is 0.497. The minimum atomic E-state index is -0.253. The molecule has 2 heterocycles. The summed E-state index contributed by atoms with van der Waals surface area (Å²) >= 11 is 0. The Morgan fingerprint density at radius 2 is 1.86 bits per heavy atom. The highest BCUT2D eigenvalue weighted by molar-refractivity contribution is 5.80. The molecule has 2 aromatic carbocycles. The SMILES string of the molecule is CC(c1ccc(-c2ccccc2)c(F)c1)c1cc(/N=C(/N)N2CCCCC2)on1. The van der Waals surface area contributed by atoms with Crippen molar-refractivity contribution in [3.63, 3.8) is 0 Å². The zero-order valence-corrected chi connectivity index (χ0v) is 16.5. The van der Waals surface area contributed by atoms with Crippen molar-refractivity contribution in [3.05, 3.63) is 71.7 Å². The molecule has 0 radical (unpaired) electrons. The van der Waals surface area contributed by atoms with Gasteiger partial charge in [0.25, 0.3) is 5.88 Å². The zero-order chi connectivity index (χ0) is 20.2. The van der Waals surface area contributed by atoms with Crippen molar-refractivity contribution in [2.24, 2.45) is 10.7 Å². The van der Waals surface area contributed by atoms with E-state index in [1.54, 1.807) is 12.1 Å². The Labute approximate surface area is 170 Å². The van der Waals surface area contributed by atoms with Crippen LogP contribution in [0.1, 0.15) is 43.4 Å². The predicted octanol–water partition coefficient (Wildman–Crippen LogP) is 5.06. The molecule has 1 aromatic heterocycles. The van der Waals surface area contributed by atoms with Crippen LogP contribution in [-0.2, 0) is 0 Å². The minimum absolute atomic E-state index is 0.127. The normalized spacial score (nSPS) is 16.1. The maximum Gasteiger partial charge on any atom is 0.253 e. The first kappa shape index (κ1) is 19.2. The standard InChI is InChI=1S/C23H25FN4O/c1-16(18-10-11-19(20(24)14-18)17-8-4-2-5-9-17)21-15-22(29-27-21)26-23(25)28-12-6-3-7-13-28/h2,4-5,8-11,14-16H,3,6-7,12-13H2,1H3,(H2,25,26). The summed E-state index contributed by atoms with van der Waals surface area (Å²) in [6.45, 7) is 3.80. The van der Waals surface area contributed by atoms with Crippen molar-refractivity contribution < 1.29 is 8.91 Å². The maximum absolute atomic E-state index is 14.7. The van der Waals surface area contributed by atoms with Gasteiger partial charge in [-0.3, -0.25) is 0 Å². The maximum atomic E-state index is 14.7. The van der Waals surface area contributed by atoms with Crippen molar-refractivity contribution in [2.75, 3.05) is 13.1 Å². The van der Waals surface area contributed by atoms with Crippen LogP contribution >= 0.6 is 0 Å². The molecule has 0 amide bonds. The van der Waals surface area contributed by atoms with Gasteiger partial charge in [-0.1, -0.05) is 54.5 Å². The van der Waals surface area contributed by atoms with Gasteiger partial charge in [-0.25, -0.2) is 4.39 Å². The average Bonchev–Trinajstić information content (AvgIpc) is 3.23. The molecule has 1 aliphatic rings. The molecule has 0 spiro atoms. The van der Waals surface area contributed by atoms with Crippen LogP contribution in [0, 0.1) is 5.82 Å². The summed E-state index contributed by atoms with van der Waals surface area (Å²) in [4.78, 5) is 6.43. The number of aromatic nitrogens is 1. The fraction of sp³-hybridized carbons (Fsp3) is 0.304. The summed E-state index contributed by atoms with van der Waals surface area (Å²) in [5.41, 5.74) is 9.07. The van der Waals surface area contributed by atoms with E-state index in [2.05, 4.69) is 15.0 Å². The molecule has 1 atom stereocenters. The fourth-order valence-corrected chi connectivity index (χ4v) is 3.67. The van der Waals surface area contributed by atoms with E-state index >= 15 is 0 Å². The Kier molecular flexibility index (Phi) is 5.60. The molecule has 1 aliphatic heterocycles. The molecule has 0 saturated carbocycles. The number of likely N-dealkylation sites (tertiary alicyclic amines) is 1.